The maximum Gasteiger partial charge on any atom is 0.315 e. The van der Waals surface area contributed by atoms with Crippen LogP contribution >= 0.6 is 0 Å². The zero-order chi connectivity index (χ0) is 16.1. The van der Waals surface area contributed by atoms with Gasteiger partial charge in [0.1, 0.15) is 0 Å². The second-order valence-electron chi connectivity index (χ2n) is 5.67. The summed E-state index contributed by atoms with van der Waals surface area (Å²) in [5.74, 6) is 1.56. The summed E-state index contributed by atoms with van der Waals surface area (Å²) < 4.78 is 5.49. The van der Waals surface area contributed by atoms with Crippen molar-refractivity contribution in [3.05, 3.63) is 42.1 Å². The van der Waals surface area contributed by atoms with Gasteiger partial charge < -0.3 is 20.0 Å². The Hall–Kier alpha value is -2.57. The van der Waals surface area contributed by atoms with E-state index < -0.39 is 0 Å². The Morgan fingerprint density at radius 1 is 1.26 bits per heavy atom. The van der Waals surface area contributed by atoms with Gasteiger partial charge in [-0.2, -0.15) is 0 Å². The zero-order valence-electron chi connectivity index (χ0n) is 13.2. The number of rotatable bonds is 7. The van der Waals surface area contributed by atoms with E-state index in [-0.39, 0.29) is 12.6 Å². The first-order chi connectivity index (χ1) is 11.2. The number of aromatic nitrogens is 2. The molecule has 1 fully saturated rings. The van der Waals surface area contributed by atoms with Gasteiger partial charge in [-0.1, -0.05) is 18.2 Å². The largest absolute Gasteiger partial charge is 0.423 e. The van der Waals surface area contributed by atoms with E-state index in [0.717, 1.165) is 25.1 Å². The topological polar surface area (TPSA) is 83.3 Å². The van der Waals surface area contributed by atoms with Crippen molar-refractivity contribution in [3.63, 3.8) is 0 Å². The minimum atomic E-state index is -0.238. The van der Waals surface area contributed by atoms with Gasteiger partial charge in [-0.05, 0) is 25.0 Å². The molecule has 0 atom stereocenters. The molecule has 7 nitrogen and oxygen atoms in total. The summed E-state index contributed by atoms with van der Waals surface area (Å²) >= 11 is 0. The number of hydrogen-bond acceptors (Lipinski definition) is 5. The first-order valence-electron chi connectivity index (χ1n) is 7.82. The van der Waals surface area contributed by atoms with Crippen LogP contribution in [0.15, 0.2) is 34.7 Å². The first kappa shape index (κ1) is 15.3. The number of amides is 2. The molecule has 1 aliphatic carbocycles. The van der Waals surface area contributed by atoms with Crippen LogP contribution in [0.3, 0.4) is 0 Å². The van der Waals surface area contributed by atoms with Gasteiger partial charge in [0.05, 0.1) is 6.54 Å². The van der Waals surface area contributed by atoms with Crippen LogP contribution in [0.1, 0.15) is 30.5 Å². The maximum atomic E-state index is 11.8. The predicted octanol–water partition coefficient (Wildman–Crippen LogP) is 1.88. The van der Waals surface area contributed by atoms with Gasteiger partial charge >= 0.3 is 6.03 Å². The van der Waals surface area contributed by atoms with Crippen molar-refractivity contribution in [1.29, 1.82) is 0 Å². The number of hydrogen-bond donors (Lipinski definition) is 2. The number of para-hydroxylation sites is 1. The van der Waals surface area contributed by atoms with E-state index in [4.69, 9.17) is 4.42 Å². The SMILES string of the molecule is CN(CCNC(=O)NCc1nnc(C2CC2)o1)c1ccccc1. The second-order valence-corrected chi connectivity index (χ2v) is 5.67. The van der Waals surface area contributed by atoms with Crippen molar-refractivity contribution in [2.75, 3.05) is 25.0 Å². The molecule has 0 unspecified atom stereocenters. The number of likely N-dealkylation sites (N-methyl/N-ethyl adjacent to an activating group) is 1. The molecular formula is C16H21N5O2. The van der Waals surface area contributed by atoms with E-state index in [1.54, 1.807) is 0 Å². The average molecular weight is 315 g/mol. The molecule has 7 heteroatoms. The molecule has 1 aliphatic rings. The summed E-state index contributed by atoms with van der Waals surface area (Å²) in [6.07, 6.45) is 2.23. The lowest BCUT2D eigenvalue weighted by Crippen LogP contribution is -2.39. The zero-order valence-corrected chi connectivity index (χ0v) is 13.2. The average Bonchev–Trinajstić information content (AvgIpc) is 3.32. The van der Waals surface area contributed by atoms with E-state index in [0.29, 0.717) is 24.2 Å². The Labute approximate surface area is 135 Å². The minimum absolute atomic E-state index is 0.238. The minimum Gasteiger partial charge on any atom is -0.423 e. The van der Waals surface area contributed by atoms with Crippen LogP contribution in [0.2, 0.25) is 0 Å². The molecule has 2 amide bonds. The lowest BCUT2D eigenvalue weighted by atomic mass is 10.3. The Kier molecular flexibility index (Phi) is 4.75. The molecule has 2 aromatic rings. The lowest BCUT2D eigenvalue weighted by molar-refractivity contribution is 0.239. The number of benzene rings is 1. The van der Waals surface area contributed by atoms with Crippen molar-refractivity contribution in [3.8, 4) is 0 Å². The van der Waals surface area contributed by atoms with Crippen molar-refractivity contribution in [1.82, 2.24) is 20.8 Å². The highest BCUT2D eigenvalue weighted by atomic mass is 16.4. The van der Waals surface area contributed by atoms with Crippen LogP contribution in [0, 0.1) is 0 Å². The first-order valence-corrected chi connectivity index (χ1v) is 7.82. The molecule has 0 saturated heterocycles. The third-order valence-corrected chi connectivity index (χ3v) is 3.74. The third kappa shape index (κ3) is 4.45. The number of nitrogens with zero attached hydrogens (tertiary/aromatic N) is 3. The Morgan fingerprint density at radius 2 is 2.04 bits per heavy atom. The standard InChI is InChI=1S/C16H21N5O2/c1-21(13-5-3-2-4-6-13)10-9-17-16(22)18-11-14-19-20-15(23-14)12-7-8-12/h2-6,12H,7-11H2,1H3,(H2,17,18,22). The molecule has 122 valence electrons. The predicted molar refractivity (Wildman–Crippen MR) is 86.2 cm³/mol. The van der Waals surface area contributed by atoms with Gasteiger partial charge in [-0.3, -0.25) is 0 Å². The van der Waals surface area contributed by atoms with Crippen LogP contribution in [-0.4, -0.2) is 36.4 Å². The number of carbonyl (C=O) groups is 1. The highest BCUT2D eigenvalue weighted by molar-refractivity contribution is 5.73. The molecule has 0 bridgehead atoms. The Balaban J connectivity index is 1.34. The van der Waals surface area contributed by atoms with Gasteiger partial charge in [0, 0.05) is 31.7 Å². The van der Waals surface area contributed by atoms with E-state index >= 15 is 0 Å². The van der Waals surface area contributed by atoms with Crippen LogP contribution < -0.4 is 15.5 Å². The van der Waals surface area contributed by atoms with Gasteiger partial charge in [0.15, 0.2) is 0 Å². The van der Waals surface area contributed by atoms with Crippen LogP contribution in [0.25, 0.3) is 0 Å². The molecule has 1 aromatic heterocycles. The summed E-state index contributed by atoms with van der Waals surface area (Å²) in [5, 5.41) is 13.4. The van der Waals surface area contributed by atoms with E-state index in [1.807, 2.05) is 37.4 Å². The molecule has 1 aromatic carbocycles. The second kappa shape index (κ2) is 7.13. The summed E-state index contributed by atoms with van der Waals surface area (Å²) in [7, 11) is 1.99. The normalized spacial score (nSPS) is 13.6. The third-order valence-electron chi connectivity index (χ3n) is 3.74. The fraction of sp³-hybridized carbons (Fsp3) is 0.438. The van der Waals surface area contributed by atoms with Gasteiger partial charge in [-0.25, -0.2) is 4.79 Å². The van der Waals surface area contributed by atoms with E-state index in [1.165, 1.54) is 0 Å². The molecule has 1 heterocycles. The number of urea groups is 1. The molecular weight excluding hydrogens is 294 g/mol. The molecule has 1 saturated carbocycles. The quantitative estimate of drug-likeness (QED) is 0.815. The maximum absolute atomic E-state index is 11.8. The van der Waals surface area contributed by atoms with Crippen molar-refractivity contribution in [2.24, 2.45) is 0 Å². The number of carbonyl (C=O) groups excluding carboxylic acids is 1. The molecule has 0 radical (unpaired) electrons. The molecule has 3 rings (SSSR count). The van der Waals surface area contributed by atoms with Crippen molar-refractivity contribution < 1.29 is 9.21 Å². The number of anilines is 1. The van der Waals surface area contributed by atoms with Crippen molar-refractivity contribution >= 4 is 11.7 Å². The fourth-order valence-electron chi connectivity index (χ4n) is 2.20. The monoisotopic (exact) mass is 315 g/mol. The van der Waals surface area contributed by atoms with Gasteiger partial charge in [-0.15, -0.1) is 10.2 Å². The van der Waals surface area contributed by atoms with Crippen molar-refractivity contribution in [2.45, 2.75) is 25.3 Å². The Bertz CT molecular complexity index is 639. The lowest BCUT2D eigenvalue weighted by Gasteiger charge is -2.19. The summed E-state index contributed by atoms with van der Waals surface area (Å²) in [6.45, 7) is 1.53. The van der Waals surface area contributed by atoms with Gasteiger partial charge in [0.25, 0.3) is 0 Å². The van der Waals surface area contributed by atoms with Gasteiger partial charge in [0.2, 0.25) is 11.8 Å². The molecule has 0 aliphatic heterocycles. The summed E-state index contributed by atoms with van der Waals surface area (Å²) in [4.78, 5) is 13.8. The van der Waals surface area contributed by atoms with Crippen LogP contribution in [0.4, 0.5) is 10.5 Å². The summed E-state index contributed by atoms with van der Waals surface area (Å²) in [5.41, 5.74) is 1.12. The highest BCUT2D eigenvalue weighted by Crippen LogP contribution is 2.38. The number of nitrogens with one attached hydrogen (secondary N) is 2. The smallest absolute Gasteiger partial charge is 0.315 e. The highest BCUT2D eigenvalue weighted by Gasteiger charge is 2.29. The van der Waals surface area contributed by atoms with E-state index in [9.17, 15) is 4.79 Å². The van der Waals surface area contributed by atoms with E-state index in [2.05, 4.69) is 25.7 Å². The molecule has 2 N–H and O–H groups in total. The Morgan fingerprint density at radius 3 is 2.78 bits per heavy atom. The van der Waals surface area contributed by atoms with Crippen LogP contribution in [0.5, 0.6) is 0 Å². The molecule has 23 heavy (non-hydrogen) atoms. The fourth-order valence-corrected chi connectivity index (χ4v) is 2.20. The summed E-state index contributed by atoms with van der Waals surface area (Å²) in [6, 6.07) is 9.80. The molecule has 0 spiro atoms. The van der Waals surface area contributed by atoms with Crippen LogP contribution in [-0.2, 0) is 6.54 Å².